The summed E-state index contributed by atoms with van der Waals surface area (Å²) >= 11 is 1.51. The molecule has 0 spiro atoms. The zero-order chi connectivity index (χ0) is 28.0. The molecule has 10 heteroatoms. The Morgan fingerprint density at radius 1 is 1.15 bits per heavy atom. The van der Waals surface area contributed by atoms with Crippen molar-refractivity contribution in [3.8, 4) is 5.69 Å². The van der Waals surface area contributed by atoms with Crippen LogP contribution in [0.2, 0.25) is 0 Å². The van der Waals surface area contributed by atoms with E-state index in [4.69, 9.17) is 0 Å². The second kappa shape index (κ2) is 10.8. The van der Waals surface area contributed by atoms with Crippen LogP contribution in [-0.2, 0) is 19.3 Å². The molecule has 0 amide bonds. The number of pyridine rings is 1. The maximum Gasteiger partial charge on any atom is 0.418 e. The largest absolute Gasteiger partial charge is 0.418 e. The molecule has 1 saturated heterocycles. The number of hydrogen-bond donors (Lipinski definition) is 1. The summed E-state index contributed by atoms with van der Waals surface area (Å²) in [4.78, 5) is 20.4. The molecule has 0 unspecified atom stereocenters. The molecule has 6 rings (SSSR count). The molecule has 1 N–H and O–H groups in total. The van der Waals surface area contributed by atoms with Gasteiger partial charge < -0.3 is 5.11 Å². The standard InChI is InChI=1S/C30H33F3N4O2S/c1-19-5-4-10-35(13-19)14-20-11-25(30(31,32)33)26-16-36(29(39)37(26)15-20)24-9-3-8-22(12-24)27(21-6-2-7-21)28-34-23(17-38)18-40-28/h3,8-9,11-12,15-16,18-19,21,27,38H,2,4-7,10,13-14,17H2,1H3/t19-,27-/m0/s1. The van der Waals surface area contributed by atoms with Crippen molar-refractivity contribution in [2.75, 3.05) is 13.1 Å². The Hall–Kier alpha value is -2.95. The second-order valence-electron chi connectivity index (χ2n) is 11.4. The van der Waals surface area contributed by atoms with Gasteiger partial charge in [0.15, 0.2) is 0 Å². The summed E-state index contributed by atoms with van der Waals surface area (Å²) in [5.74, 6) is 0.907. The molecule has 4 aromatic rings. The predicted octanol–water partition coefficient (Wildman–Crippen LogP) is 6.22. The van der Waals surface area contributed by atoms with Crippen molar-refractivity contribution in [3.05, 3.63) is 86.0 Å². The lowest BCUT2D eigenvalue weighted by Crippen LogP contribution is -2.34. The minimum Gasteiger partial charge on any atom is -0.390 e. The van der Waals surface area contributed by atoms with Crippen LogP contribution in [0.3, 0.4) is 0 Å². The molecule has 1 saturated carbocycles. The lowest BCUT2D eigenvalue weighted by molar-refractivity contribution is -0.136. The summed E-state index contributed by atoms with van der Waals surface area (Å²) in [7, 11) is 0. The topological polar surface area (TPSA) is 62.8 Å². The number of nitrogens with zero attached hydrogens (tertiary/aromatic N) is 4. The van der Waals surface area contributed by atoms with Gasteiger partial charge in [-0.1, -0.05) is 25.5 Å². The highest BCUT2D eigenvalue weighted by Gasteiger charge is 2.35. The third kappa shape index (κ3) is 5.24. The minimum atomic E-state index is -4.60. The SMILES string of the molecule is C[C@H]1CCCN(Cc2cc(C(F)(F)F)c3cn(-c4cccc([C@@H](c5nc(CO)cs5)C5CCC5)c4)c(=O)n3c2)C1. The first-order valence-electron chi connectivity index (χ1n) is 13.9. The van der Waals surface area contributed by atoms with E-state index in [1.807, 2.05) is 23.6 Å². The Bertz CT molecular complexity index is 1570. The number of rotatable bonds is 7. The minimum absolute atomic E-state index is 0.0102. The van der Waals surface area contributed by atoms with Gasteiger partial charge in [-0.3, -0.25) is 13.9 Å². The maximum atomic E-state index is 14.2. The second-order valence-corrected chi connectivity index (χ2v) is 12.3. The van der Waals surface area contributed by atoms with E-state index >= 15 is 0 Å². The number of aliphatic hydroxyl groups is 1. The van der Waals surface area contributed by atoms with Crippen LogP contribution >= 0.6 is 11.3 Å². The molecule has 0 radical (unpaired) electrons. The number of thiazole rings is 1. The first kappa shape index (κ1) is 27.2. The molecule has 2 fully saturated rings. The van der Waals surface area contributed by atoms with Crippen LogP contribution < -0.4 is 5.69 Å². The van der Waals surface area contributed by atoms with Crippen molar-refractivity contribution < 1.29 is 18.3 Å². The van der Waals surface area contributed by atoms with Gasteiger partial charge in [-0.25, -0.2) is 9.78 Å². The van der Waals surface area contributed by atoms with Gasteiger partial charge in [0.05, 0.1) is 29.1 Å². The highest BCUT2D eigenvalue weighted by Crippen LogP contribution is 2.44. The Morgan fingerprint density at radius 2 is 1.98 bits per heavy atom. The number of piperidine rings is 1. The molecule has 212 valence electrons. The van der Waals surface area contributed by atoms with Crippen LogP contribution in [0.4, 0.5) is 13.2 Å². The van der Waals surface area contributed by atoms with Crippen LogP contribution in [0.1, 0.15) is 72.3 Å². The third-order valence-corrected chi connectivity index (χ3v) is 9.38. The number of imidazole rings is 1. The van der Waals surface area contributed by atoms with Crippen molar-refractivity contribution >= 4 is 16.9 Å². The number of halogens is 3. The Kier molecular flexibility index (Phi) is 7.35. The molecule has 40 heavy (non-hydrogen) atoms. The quantitative estimate of drug-likeness (QED) is 0.287. The summed E-state index contributed by atoms with van der Waals surface area (Å²) in [5, 5.41) is 12.3. The summed E-state index contributed by atoms with van der Waals surface area (Å²) in [6.07, 6.45) is 3.69. The fraction of sp³-hybridized carbons (Fsp3) is 0.467. The Labute approximate surface area is 234 Å². The maximum absolute atomic E-state index is 14.2. The van der Waals surface area contributed by atoms with Crippen LogP contribution in [0.25, 0.3) is 11.2 Å². The van der Waals surface area contributed by atoms with E-state index in [2.05, 4.69) is 16.8 Å². The van der Waals surface area contributed by atoms with E-state index in [1.165, 1.54) is 28.2 Å². The number of aromatic nitrogens is 3. The van der Waals surface area contributed by atoms with Crippen molar-refractivity contribution in [3.63, 3.8) is 0 Å². The lowest BCUT2D eigenvalue weighted by Gasteiger charge is -2.33. The number of hydrogen-bond acceptors (Lipinski definition) is 5. The fourth-order valence-electron chi connectivity index (χ4n) is 6.23. The Morgan fingerprint density at radius 3 is 2.65 bits per heavy atom. The van der Waals surface area contributed by atoms with E-state index in [-0.39, 0.29) is 18.0 Å². The first-order chi connectivity index (χ1) is 19.2. The number of aliphatic hydroxyl groups excluding tert-OH is 1. The molecule has 2 atom stereocenters. The number of fused-ring (bicyclic) bond motifs is 1. The summed E-state index contributed by atoms with van der Waals surface area (Å²) < 4.78 is 45.2. The van der Waals surface area contributed by atoms with E-state index in [0.717, 1.165) is 60.2 Å². The van der Waals surface area contributed by atoms with E-state index in [1.54, 1.807) is 12.3 Å². The van der Waals surface area contributed by atoms with Gasteiger partial charge in [0, 0.05) is 36.8 Å². The van der Waals surface area contributed by atoms with Gasteiger partial charge in [0.25, 0.3) is 0 Å². The van der Waals surface area contributed by atoms with Crippen LogP contribution in [0.5, 0.6) is 0 Å². The molecule has 1 aromatic carbocycles. The summed E-state index contributed by atoms with van der Waals surface area (Å²) in [5.41, 5.74) is 1.13. The van der Waals surface area contributed by atoms with Gasteiger partial charge in [-0.05, 0) is 73.4 Å². The smallest absolute Gasteiger partial charge is 0.390 e. The van der Waals surface area contributed by atoms with Crippen molar-refractivity contribution in [1.29, 1.82) is 0 Å². The van der Waals surface area contributed by atoms with Gasteiger partial charge in [0.1, 0.15) is 5.01 Å². The van der Waals surface area contributed by atoms with Crippen molar-refractivity contribution in [2.24, 2.45) is 11.8 Å². The third-order valence-electron chi connectivity index (χ3n) is 8.40. The zero-order valence-electron chi connectivity index (χ0n) is 22.4. The molecule has 3 aromatic heterocycles. The van der Waals surface area contributed by atoms with E-state index in [0.29, 0.717) is 35.3 Å². The van der Waals surface area contributed by atoms with Gasteiger partial charge >= 0.3 is 11.9 Å². The normalized spacial score (nSPS) is 19.7. The van der Waals surface area contributed by atoms with Crippen LogP contribution in [0.15, 0.2) is 52.9 Å². The monoisotopic (exact) mass is 570 g/mol. The average molecular weight is 571 g/mol. The van der Waals surface area contributed by atoms with E-state index in [9.17, 15) is 23.1 Å². The fourth-order valence-corrected chi connectivity index (χ4v) is 7.26. The van der Waals surface area contributed by atoms with Crippen LogP contribution in [-0.4, -0.2) is 37.0 Å². The molecule has 6 nitrogen and oxygen atoms in total. The molecule has 4 heterocycles. The first-order valence-corrected chi connectivity index (χ1v) is 14.8. The highest BCUT2D eigenvalue weighted by atomic mass is 32.1. The number of benzene rings is 1. The molecule has 2 aliphatic rings. The molecular formula is C30H33F3N4O2S. The van der Waals surface area contributed by atoms with Crippen LogP contribution in [0, 0.1) is 11.8 Å². The summed E-state index contributed by atoms with van der Waals surface area (Å²) in [6, 6.07) is 8.69. The average Bonchev–Trinajstić information content (AvgIpc) is 3.50. The summed E-state index contributed by atoms with van der Waals surface area (Å²) in [6.45, 7) is 4.09. The predicted molar refractivity (Wildman–Crippen MR) is 149 cm³/mol. The van der Waals surface area contributed by atoms with Gasteiger partial charge in [-0.2, -0.15) is 13.2 Å². The molecule has 1 aliphatic carbocycles. The van der Waals surface area contributed by atoms with Gasteiger partial charge in [0.2, 0.25) is 0 Å². The molecule has 1 aliphatic heterocycles. The number of alkyl halides is 3. The van der Waals surface area contributed by atoms with Gasteiger partial charge in [-0.15, -0.1) is 11.3 Å². The van der Waals surface area contributed by atoms with E-state index < -0.39 is 17.4 Å². The lowest BCUT2D eigenvalue weighted by atomic mass is 9.73. The molecule has 0 bridgehead atoms. The Balaban J connectivity index is 1.41. The zero-order valence-corrected chi connectivity index (χ0v) is 23.2. The highest BCUT2D eigenvalue weighted by molar-refractivity contribution is 7.09. The van der Waals surface area contributed by atoms with Crippen molar-refractivity contribution in [2.45, 2.75) is 64.3 Å². The van der Waals surface area contributed by atoms with Crippen molar-refractivity contribution in [1.82, 2.24) is 18.9 Å². The number of likely N-dealkylation sites (tertiary alicyclic amines) is 1. The molecular weight excluding hydrogens is 537 g/mol.